The van der Waals surface area contributed by atoms with Crippen LogP contribution in [0.15, 0.2) is 24.3 Å². The SMILES string of the molecule is CC(O)C(NC(=O)c1ccc(OF)cc1)C(=O)NO. The molecule has 0 aliphatic heterocycles. The van der Waals surface area contributed by atoms with Gasteiger partial charge in [-0.25, -0.2) is 5.48 Å². The van der Waals surface area contributed by atoms with Crippen molar-refractivity contribution in [2.75, 3.05) is 0 Å². The van der Waals surface area contributed by atoms with Crippen LogP contribution >= 0.6 is 0 Å². The molecule has 7 nitrogen and oxygen atoms in total. The number of carbonyl (C=O) groups is 2. The van der Waals surface area contributed by atoms with Crippen LogP contribution in [-0.4, -0.2) is 34.3 Å². The number of aliphatic hydroxyl groups is 1. The van der Waals surface area contributed by atoms with Crippen molar-refractivity contribution in [3.05, 3.63) is 29.8 Å². The van der Waals surface area contributed by atoms with Gasteiger partial charge >= 0.3 is 0 Å². The molecule has 0 spiro atoms. The molecule has 1 aromatic carbocycles. The van der Waals surface area contributed by atoms with Gasteiger partial charge in [0.25, 0.3) is 11.8 Å². The lowest BCUT2D eigenvalue weighted by Gasteiger charge is -2.19. The lowest BCUT2D eigenvalue weighted by Crippen LogP contribution is -2.51. The molecule has 2 unspecified atom stereocenters. The number of hydroxylamine groups is 1. The second kappa shape index (κ2) is 6.66. The maximum Gasteiger partial charge on any atom is 0.268 e. The van der Waals surface area contributed by atoms with Gasteiger partial charge in [0, 0.05) is 10.1 Å². The Bertz CT molecular complexity index is 449. The average Bonchev–Trinajstić information content (AvgIpc) is 2.43. The number of amides is 2. The third kappa shape index (κ3) is 3.90. The van der Waals surface area contributed by atoms with Gasteiger partial charge in [-0.1, -0.05) is 0 Å². The highest BCUT2D eigenvalue weighted by Gasteiger charge is 2.25. The summed E-state index contributed by atoms with van der Waals surface area (Å²) in [5, 5.41) is 20.0. The Morgan fingerprint density at radius 1 is 1.32 bits per heavy atom. The predicted molar refractivity (Wildman–Crippen MR) is 61.0 cm³/mol. The Morgan fingerprint density at radius 2 is 1.89 bits per heavy atom. The van der Waals surface area contributed by atoms with Crippen LogP contribution in [0.5, 0.6) is 5.75 Å². The maximum atomic E-state index is 11.8. The molecule has 8 heteroatoms. The minimum atomic E-state index is -1.31. The first-order valence-corrected chi connectivity index (χ1v) is 5.31. The van der Waals surface area contributed by atoms with E-state index in [2.05, 4.69) is 10.3 Å². The quantitative estimate of drug-likeness (QED) is 0.443. The Labute approximate surface area is 107 Å². The van der Waals surface area contributed by atoms with Gasteiger partial charge in [-0.05, 0) is 31.2 Å². The molecule has 0 heterocycles. The molecule has 0 radical (unpaired) electrons. The van der Waals surface area contributed by atoms with E-state index < -0.39 is 24.0 Å². The van der Waals surface area contributed by atoms with E-state index in [1.807, 2.05) is 0 Å². The second-order valence-electron chi connectivity index (χ2n) is 3.77. The lowest BCUT2D eigenvalue weighted by molar-refractivity contribution is -0.133. The van der Waals surface area contributed by atoms with Crippen LogP contribution in [-0.2, 0) is 4.79 Å². The Hall–Kier alpha value is -2.19. The summed E-state index contributed by atoms with van der Waals surface area (Å²) in [7, 11) is 0. The van der Waals surface area contributed by atoms with Gasteiger partial charge in [0.05, 0.1) is 6.10 Å². The summed E-state index contributed by atoms with van der Waals surface area (Å²) in [5.41, 5.74) is 1.47. The summed E-state index contributed by atoms with van der Waals surface area (Å²) >= 11 is 0. The molecular formula is C11H13FN2O5. The molecule has 19 heavy (non-hydrogen) atoms. The molecule has 0 saturated carbocycles. The van der Waals surface area contributed by atoms with Crippen molar-refractivity contribution in [3.8, 4) is 5.75 Å². The van der Waals surface area contributed by atoms with Crippen LogP contribution in [0.3, 0.4) is 0 Å². The molecule has 2 atom stereocenters. The number of rotatable bonds is 5. The lowest BCUT2D eigenvalue weighted by atomic mass is 10.1. The average molecular weight is 272 g/mol. The fourth-order valence-electron chi connectivity index (χ4n) is 1.36. The van der Waals surface area contributed by atoms with Gasteiger partial charge in [0.1, 0.15) is 6.04 Å². The number of hydrogen-bond donors (Lipinski definition) is 4. The van der Waals surface area contributed by atoms with E-state index in [1.165, 1.54) is 36.7 Å². The van der Waals surface area contributed by atoms with Crippen LogP contribution in [0, 0.1) is 0 Å². The van der Waals surface area contributed by atoms with Gasteiger partial charge in [0.15, 0.2) is 5.75 Å². The molecule has 1 rings (SSSR count). The summed E-state index contributed by atoms with van der Waals surface area (Å²) in [6, 6.07) is 3.69. The molecular weight excluding hydrogens is 259 g/mol. The van der Waals surface area contributed by atoms with Gasteiger partial charge in [-0.2, -0.15) is 0 Å². The fourth-order valence-corrected chi connectivity index (χ4v) is 1.36. The van der Waals surface area contributed by atoms with Gasteiger partial charge in [0.2, 0.25) is 0 Å². The van der Waals surface area contributed by atoms with Crippen molar-refractivity contribution in [1.29, 1.82) is 0 Å². The number of benzene rings is 1. The third-order valence-electron chi connectivity index (χ3n) is 2.37. The molecule has 0 aromatic heterocycles. The van der Waals surface area contributed by atoms with Crippen molar-refractivity contribution in [3.63, 3.8) is 0 Å². The first kappa shape index (κ1) is 14.9. The van der Waals surface area contributed by atoms with E-state index in [-0.39, 0.29) is 11.3 Å². The van der Waals surface area contributed by atoms with Crippen molar-refractivity contribution in [2.24, 2.45) is 0 Å². The highest BCUT2D eigenvalue weighted by atomic mass is 19.3. The summed E-state index contributed by atoms with van der Waals surface area (Å²) in [6.07, 6.45) is -1.20. The van der Waals surface area contributed by atoms with Crippen LogP contribution in [0.4, 0.5) is 4.53 Å². The van der Waals surface area contributed by atoms with E-state index in [4.69, 9.17) is 5.21 Å². The minimum Gasteiger partial charge on any atom is -0.391 e. The summed E-state index contributed by atoms with van der Waals surface area (Å²) < 4.78 is 11.8. The summed E-state index contributed by atoms with van der Waals surface area (Å²) in [5.74, 6) is -1.69. The Morgan fingerprint density at radius 3 is 2.32 bits per heavy atom. The van der Waals surface area contributed by atoms with Gasteiger partial charge < -0.3 is 10.4 Å². The predicted octanol–water partition coefficient (Wildman–Crippen LogP) is -0.0655. The zero-order chi connectivity index (χ0) is 14.4. The van der Waals surface area contributed by atoms with Crippen molar-refractivity contribution >= 4 is 11.8 Å². The molecule has 104 valence electrons. The summed E-state index contributed by atoms with van der Waals surface area (Å²) in [4.78, 5) is 26.4. The zero-order valence-electron chi connectivity index (χ0n) is 9.96. The molecule has 0 bridgehead atoms. The third-order valence-corrected chi connectivity index (χ3v) is 2.37. The Kier molecular flexibility index (Phi) is 5.22. The first-order valence-electron chi connectivity index (χ1n) is 5.31. The molecule has 1 aromatic rings. The van der Waals surface area contributed by atoms with Crippen LogP contribution in [0.1, 0.15) is 17.3 Å². The van der Waals surface area contributed by atoms with Crippen molar-refractivity contribution < 1.29 is 29.4 Å². The molecule has 0 saturated heterocycles. The largest absolute Gasteiger partial charge is 0.391 e. The van der Waals surface area contributed by atoms with Gasteiger partial charge in [-0.15, -0.1) is 0 Å². The van der Waals surface area contributed by atoms with E-state index in [0.29, 0.717) is 0 Å². The topological polar surface area (TPSA) is 108 Å². The van der Waals surface area contributed by atoms with Crippen LogP contribution in [0.25, 0.3) is 0 Å². The normalized spacial score (nSPS) is 13.3. The number of nitrogens with one attached hydrogen (secondary N) is 2. The second-order valence-corrected chi connectivity index (χ2v) is 3.77. The molecule has 0 aliphatic rings. The van der Waals surface area contributed by atoms with Crippen LogP contribution in [0.2, 0.25) is 0 Å². The smallest absolute Gasteiger partial charge is 0.268 e. The minimum absolute atomic E-state index is 0.0725. The molecule has 0 fully saturated rings. The number of halogens is 1. The van der Waals surface area contributed by atoms with E-state index >= 15 is 0 Å². The number of carbonyl (C=O) groups excluding carboxylic acids is 2. The standard InChI is InChI=1S/C11H13FN2O5/c1-6(15)9(11(17)14-18)13-10(16)7-2-4-8(19-12)5-3-7/h2-6,9,15,18H,1H3,(H,13,16)(H,14,17). The fraction of sp³-hybridized carbons (Fsp3) is 0.273. The van der Waals surface area contributed by atoms with Crippen molar-refractivity contribution in [2.45, 2.75) is 19.1 Å². The Balaban J connectivity index is 2.78. The maximum absolute atomic E-state index is 11.8. The molecule has 2 amide bonds. The van der Waals surface area contributed by atoms with E-state index in [9.17, 15) is 19.2 Å². The van der Waals surface area contributed by atoms with Crippen molar-refractivity contribution in [1.82, 2.24) is 10.8 Å². The van der Waals surface area contributed by atoms with Gasteiger partial charge in [-0.3, -0.25) is 19.7 Å². The zero-order valence-corrected chi connectivity index (χ0v) is 9.96. The molecule has 4 N–H and O–H groups in total. The van der Waals surface area contributed by atoms with E-state index in [1.54, 1.807) is 0 Å². The number of hydrogen-bond acceptors (Lipinski definition) is 5. The molecule has 0 aliphatic carbocycles. The first-order chi connectivity index (χ1) is 8.99. The monoisotopic (exact) mass is 272 g/mol. The van der Waals surface area contributed by atoms with E-state index in [0.717, 1.165) is 0 Å². The highest BCUT2D eigenvalue weighted by Crippen LogP contribution is 2.12. The number of aliphatic hydroxyl groups excluding tert-OH is 1. The van der Waals surface area contributed by atoms with Crippen LogP contribution < -0.4 is 15.7 Å². The summed E-state index contributed by atoms with van der Waals surface area (Å²) in [6.45, 7) is 1.28. The highest BCUT2D eigenvalue weighted by molar-refractivity contribution is 5.97.